The molecule has 9 heteroatoms. The summed E-state index contributed by atoms with van der Waals surface area (Å²) in [4.78, 5) is 11.8. The molecule has 1 atom stereocenters. The third-order valence-electron chi connectivity index (χ3n) is 6.59. The van der Waals surface area contributed by atoms with Crippen molar-refractivity contribution in [2.75, 3.05) is 19.6 Å². The zero-order chi connectivity index (χ0) is 23.0. The number of sulfonamides is 1. The van der Waals surface area contributed by atoms with Crippen LogP contribution in [-0.2, 0) is 27.4 Å². The van der Waals surface area contributed by atoms with Crippen LogP contribution in [0, 0.1) is 11.3 Å². The van der Waals surface area contributed by atoms with Gasteiger partial charge in [-0.3, -0.25) is 4.79 Å². The number of rotatable bonds is 6. The van der Waals surface area contributed by atoms with Crippen LogP contribution in [-0.4, -0.2) is 38.3 Å². The quantitative estimate of drug-likeness (QED) is 0.703. The van der Waals surface area contributed by atoms with E-state index in [0.717, 1.165) is 28.4 Å². The summed E-state index contributed by atoms with van der Waals surface area (Å²) in [7, 11) is -4.27. The first-order valence-electron chi connectivity index (χ1n) is 10.6. The van der Waals surface area contributed by atoms with Crippen LogP contribution in [0.1, 0.15) is 30.4 Å². The van der Waals surface area contributed by atoms with Gasteiger partial charge in [0.05, 0.1) is 10.5 Å². The Balaban J connectivity index is 1.34. The number of hydrogen-bond acceptors (Lipinski definition) is 3. The van der Waals surface area contributed by atoms with E-state index in [4.69, 9.17) is 0 Å². The predicted octanol–water partition coefficient (Wildman–Crippen LogP) is 3.86. The van der Waals surface area contributed by atoms with Gasteiger partial charge >= 0.3 is 6.18 Å². The number of piperidine rings is 1. The number of alkyl halides is 3. The Morgan fingerprint density at radius 2 is 1.66 bits per heavy atom. The molecule has 0 unspecified atom stereocenters. The first kappa shape index (κ1) is 22.8. The highest BCUT2D eigenvalue weighted by Gasteiger charge is 2.59. The van der Waals surface area contributed by atoms with Gasteiger partial charge in [-0.1, -0.05) is 42.5 Å². The van der Waals surface area contributed by atoms with Crippen molar-refractivity contribution in [3.05, 3.63) is 65.7 Å². The number of amides is 1. The first-order valence-corrected chi connectivity index (χ1v) is 12.1. The fraction of sp³-hybridized carbons (Fsp3) is 0.435. The first-order chi connectivity index (χ1) is 15.1. The van der Waals surface area contributed by atoms with Crippen LogP contribution in [0.15, 0.2) is 59.5 Å². The van der Waals surface area contributed by atoms with Crippen molar-refractivity contribution in [1.29, 1.82) is 0 Å². The Morgan fingerprint density at radius 1 is 1.03 bits per heavy atom. The summed E-state index contributed by atoms with van der Waals surface area (Å²) in [6.45, 7) is 0.759. The van der Waals surface area contributed by atoms with Crippen molar-refractivity contribution >= 4 is 15.9 Å². The number of carbonyl (C=O) groups excluding carboxylic acids is 1. The molecule has 2 fully saturated rings. The molecule has 2 aliphatic rings. The molecule has 5 nitrogen and oxygen atoms in total. The molecular weight excluding hydrogens is 441 g/mol. The van der Waals surface area contributed by atoms with Gasteiger partial charge in [-0.15, -0.1) is 0 Å². The number of nitrogens with one attached hydrogen (secondary N) is 1. The fourth-order valence-corrected chi connectivity index (χ4v) is 6.26. The average Bonchev–Trinajstić information content (AvgIpc) is 3.47. The second-order valence-corrected chi connectivity index (χ2v) is 10.5. The van der Waals surface area contributed by atoms with Gasteiger partial charge in [-0.05, 0) is 48.8 Å². The smallest absolute Gasteiger partial charge is 0.356 e. The van der Waals surface area contributed by atoms with Crippen molar-refractivity contribution in [2.45, 2.75) is 36.8 Å². The van der Waals surface area contributed by atoms with Crippen LogP contribution in [0.3, 0.4) is 0 Å². The summed E-state index contributed by atoms with van der Waals surface area (Å²) in [6, 6.07) is 14.1. The molecule has 1 aliphatic carbocycles. The van der Waals surface area contributed by atoms with Crippen molar-refractivity contribution < 1.29 is 26.4 Å². The zero-order valence-corrected chi connectivity index (χ0v) is 18.3. The normalized spacial score (nSPS) is 20.8. The number of hydrogen-bond donors (Lipinski definition) is 1. The number of carbonyl (C=O) groups is 1. The highest BCUT2D eigenvalue weighted by Crippen LogP contribution is 2.59. The van der Waals surface area contributed by atoms with Gasteiger partial charge in [0.2, 0.25) is 15.9 Å². The average molecular weight is 467 g/mol. The molecule has 1 spiro atoms. The van der Waals surface area contributed by atoms with Crippen LogP contribution in [0.4, 0.5) is 13.2 Å². The summed E-state index contributed by atoms with van der Waals surface area (Å²) < 4.78 is 66.9. The lowest BCUT2D eigenvalue weighted by molar-refractivity contribution is -0.140. The lowest BCUT2D eigenvalue weighted by atomic mass is 9.91. The van der Waals surface area contributed by atoms with Crippen LogP contribution in [0.2, 0.25) is 0 Å². The maximum Gasteiger partial charge on any atom is 0.417 e. The molecule has 0 aromatic heterocycles. The summed E-state index contributed by atoms with van der Waals surface area (Å²) in [5, 5.41) is 2.96. The van der Waals surface area contributed by atoms with Crippen molar-refractivity contribution in [1.82, 2.24) is 9.62 Å². The van der Waals surface area contributed by atoms with E-state index in [2.05, 4.69) is 5.32 Å². The Morgan fingerprint density at radius 3 is 2.31 bits per heavy atom. The summed E-state index contributed by atoms with van der Waals surface area (Å²) in [5.41, 5.74) is -0.259. The van der Waals surface area contributed by atoms with E-state index in [0.29, 0.717) is 25.8 Å². The Kier molecular flexibility index (Phi) is 6.06. The molecule has 172 valence electrons. The number of nitrogens with zero attached hydrogens (tertiary/aromatic N) is 1. The largest absolute Gasteiger partial charge is 0.417 e. The van der Waals surface area contributed by atoms with E-state index in [1.807, 2.05) is 30.3 Å². The number of halogens is 3. The predicted molar refractivity (Wildman–Crippen MR) is 113 cm³/mol. The van der Waals surface area contributed by atoms with E-state index >= 15 is 0 Å². The minimum Gasteiger partial charge on any atom is -0.356 e. The molecule has 4 rings (SSSR count). The molecule has 1 aliphatic heterocycles. The van der Waals surface area contributed by atoms with E-state index < -0.39 is 26.7 Å². The van der Waals surface area contributed by atoms with Crippen molar-refractivity contribution in [3.63, 3.8) is 0 Å². The molecule has 1 heterocycles. The second kappa shape index (κ2) is 8.51. The molecule has 0 bridgehead atoms. The molecule has 0 radical (unpaired) electrons. The van der Waals surface area contributed by atoms with E-state index in [1.54, 1.807) is 0 Å². The Labute approximate surface area is 185 Å². The molecule has 1 amide bonds. The van der Waals surface area contributed by atoms with Crippen LogP contribution < -0.4 is 5.32 Å². The third-order valence-corrected chi connectivity index (χ3v) is 8.55. The van der Waals surface area contributed by atoms with Gasteiger partial charge in [-0.2, -0.15) is 17.5 Å². The fourth-order valence-electron chi connectivity index (χ4n) is 4.61. The molecule has 2 aromatic rings. The molecule has 1 N–H and O–H groups in total. The van der Waals surface area contributed by atoms with Crippen molar-refractivity contribution in [3.8, 4) is 0 Å². The third kappa shape index (κ3) is 4.54. The molecule has 1 saturated carbocycles. The van der Waals surface area contributed by atoms with Gasteiger partial charge in [-0.25, -0.2) is 8.42 Å². The van der Waals surface area contributed by atoms with Crippen molar-refractivity contribution in [2.24, 2.45) is 11.3 Å². The molecule has 1 saturated heterocycles. The topological polar surface area (TPSA) is 66.5 Å². The van der Waals surface area contributed by atoms with E-state index in [1.165, 1.54) is 12.1 Å². The summed E-state index contributed by atoms with van der Waals surface area (Å²) in [6.07, 6.45) is -2.39. The Bertz CT molecular complexity index is 1080. The summed E-state index contributed by atoms with van der Waals surface area (Å²) >= 11 is 0. The van der Waals surface area contributed by atoms with Gasteiger partial charge in [0.25, 0.3) is 0 Å². The summed E-state index contributed by atoms with van der Waals surface area (Å²) in [5.74, 6) is -0.190. The van der Waals surface area contributed by atoms with E-state index in [-0.39, 0.29) is 30.3 Å². The van der Waals surface area contributed by atoms with Crippen LogP contribution >= 0.6 is 0 Å². The minimum absolute atomic E-state index is 0.0281. The highest BCUT2D eigenvalue weighted by molar-refractivity contribution is 7.89. The second-order valence-electron chi connectivity index (χ2n) is 8.54. The standard InChI is InChI=1S/C23H25F3N2O3S/c24-23(25,26)18-8-4-5-9-20(18)32(30,31)28-14-11-22(12-15-28)16-19(22)21(29)27-13-10-17-6-2-1-3-7-17/h1-9,19H,10-16H2,(H,27,29)/t19-/m1/s1. The Hall–Kier alpha value is -2.39. The lowest BCUT2D eigenvalue weighted by Gasteiger charge is -2.32. The van der Waals surface area contributed by atoms with Gasteiger partial charge < -0.3 is 5.32 Å². The van der Waals surface area contributed by atoms with Gasteiger partial charge in [0.1, 0.15) is 0 Å². The SMILES string of the molecule is O=C(NCCc1ccccc1)[C@H]1CC12CCN(S(=O)(=O)c1ccccc1C(F)(F)F)CC2. The highest BCUT2D eigenvalue weighted by atomic mass is 32.2. The number of benzene rings is 2. The molecular formula is C23H25F3N2O3S. The molecule has 2 aromatic carbocycles. The van der Waals surface area contributed by atoms with Crippen LogP contribution in [0.25, 0.3) is 0 Å². The zero-order valence-electron chi connectivity index (χ0n) is 17.4. The maximum atomic E-state index is 13.3. The van der Waals surface area contributed by atoms with Crippen LogP contribution in [0.5, 0.6) is 0 Å². The molecule has 32 heavy (non-hydrogen) atoms. The maximum absolute atomic E-state index is 13.3. The minimum atomic E-state index is -4.75. The van der Waals surface area contributed by atoms with Gasteiger partial charge in [0, 0.05) is 25.6 Å². The monoisotopic (exact) mass is 466 g/mol. The van der Waals surface area contributed by atoms with E-state index in [9.17, 15) is 26.4 Å². The van der Waals surface area contributed by atoms with Gasteiger partial charge in [0.15, 0.2) is 0 Å². The lowest BCUT2D eigenvalue weighted by Crippen LogP contribution is -2.41.